The number of nitrogens with one attached hydrogen (secondary N) is 1. The van der Waals surface area contributed by atoms with E-state index in [4.69, 9.17) is 9.47 Å². The number of piperazine rings is 1. The van der Waals surface area contributed by atoms with Crippen LogP contribution in [0.3, 0.4) is 0 Å². The molecule has 1 aliphatic heterocycles. The van der Waals surface area contributed by atoms with Crippen molar-refractivity contribution in [2.45, 2.75) is 51.1 Å². The fourth-order valence-electron chi connectivity index (χ4n) is 5.56. The second-order valence-corrected chi connectivity index (χ2v) is 11.4. The van der Waals surface area contributed by atoms with Crippen LogP contribution in [0.4, 0.5) is 10.1 Å². The number of carbonyl (C=O) groups is 3. The van der Waals surface area contributed by atoms with E-state index in [9.17, 15) is 34.1 Å². The van der Waals surface area contributed by atoms with Gasteiger partial charge in [-0.25, -0.2) is 9.18 Å². The molecule has 0 aromatic heterocycles. The number of carboxylic acid groups (broad SMARTS) is 1. The van der Waals surface area contributed by atoms with Crippen molar-refractivity contribution in [3.8, 4) is 5.75 Å². The van der Waals surface area contributed by atoms with Crippen molar-refractivity contribution in [3.63, 3.8) is 0 Å². The van der Waals surface area contributed by atoms with Crippen LogP contribution >= 0.6 is 0 Å². The topological polar surface area (TPSA) is 149 Å². The molecule has 0 spiro atoms. The molecule has 1 saturated heterocycles. The lowest BCUT2D eigenvalue weighted by Gasteiger charge is -2.38. The maximum absolute atomic E-state index is 14.1. The van der Waals surface area contributed by atoms with Gasteiger partial charge < -0.3 is 35.0 Å². The Balaban J connectivity index is 1.42. The average molecular weight is 602 g/mol. The van der Waals surface area contributed by atoms with Crippen LogP contribution in [0.25, 0.3) is 0 Å². The molecule has 4 rings (SSSR count). The molecule has 12 heteroatoms. The molecule has 43 heavy (non-hydrogen) atoms. The number of benzene rings is 2. The summed E-state index contributed by atoms with van der Waals surface area (Å²) in [4.78, 5) is 41.9. The van der Waals surface area contributed by atoms with E-state index < -0.39 is 48.0 Å². The first kappa shape index (κ1) is 32.2. The Morgan fingerprint density at radius 3 is 2.26 bits per heavy atom. The highest BCUT2D eigenvalue weighted by Gasteiger charge is 2.43. The molecule has 1 saturated carbocycles. The maximum Gasteiger partial charge on any atom is 0.338 e. The van der Waals surface area contributed by atoms with Crippen molar-refractivity contribution in [2.24, 2.45) is 11.8 Å². The fraction of sp³-hybridized carbons (Fsp3) is 0.516. The van der Waals surface area contributed by atoms with E-state index in [0.717, 1.165) is 0 Å². The second kappa shape index (κ2) is 14.6. The summed E-state index contributed by atoms with van der Waals surface area (Å²) in [6, 6.07) is 12.9. The Morgan fingerprint density at radius 2 is 1.63 bits per heavy atom. The van der Waals surface area contributed by atoms with Crippen molar-refractivity contribution >= 4 is 23.5 Å². The van der Waals surface area contributed by atoms with Gasteiger partial charge in [-0.2, -0.15) is 0 Å². The Hall–Kier alpha value is -3.74. The van der Waals surface area contributed by atoms with Gasteiger partial charge in [0.2, 0.25) is 5.91 Å². The van der Waals surface area contributed by atoms with Crippen LogP contribution in [-0.2, 0) is 14.3 Å². The standard InChI is InChI=1S/C31H40FN3O8/c1-19(2)42-28-9-8-21(32)14-25(28)35-12-10-34(11-13-35)18-22(43-31(41)20-6-4-3-5-7-20)17-33-29(38)23-15-26(36)27(37)16-24(23)30(39)40/h3-9,14,19,22-24,26-27,36-37H,10-13,15-18H2,1-2H3,(H,33,38)(H,39,40). The lowest BCUT2D eigenvalue weighted by molar-refractivity contribution is -0.155. The summed E-state index contributed by atoms with van der Waals surface area (Å²) in [6.45, 7) is 6.29. The summed E-state index contributed by atoms with van der Waals surface area (Å²) in [6.07, 6.45) is -3.69. The molecule has 0 radical (unpaired) electrons. The number of ether oxygens (including phenoxy) is 2. The van der Waals surface area contributed by atoms with Gasteiger partial charge in [0.25, 0.3) is 0 Å². The van der Waals surface area contributed by atoms with Gasteiger partial charge in [-0.15, -0.1) is 0 Å². The number of amides is 1. The van der Waals surface area contributed by atoms with Gasteiger partial charge >= 0.3 is 11.9 Å². The third-order valence-corrected chi connectivity index (χ3v) is 7.82. The average Bonchev–Trinajstić information content (AvgIpc) is 2.98. The molecule has 5 atom stereocenters. The predicted molar refractivity (Wildman–Crippen MR) is 155 cm³/mol. The van der Waals surface area contributed by atoms with E-state index in [1.807, 2.05) is 18.7 Å². The number of nitrogens with zero attached hydrogens (tertiary/aromatic N) is 2. The van der Waals surface area contributed by atoms with E-state index in [2.05, 4.69) is 10.2 Å². The minimum Gasteiger partial charge on any atom is -0.489 e. The van der Waals surface area contributed by atoms with Gasteiger partial charge in [-0.1, -0.05) is 18.2 Å². The number of hydrogen-bond donors (Lipinski definition) is 4. The van der Waals surface area contributed by atoms with Gasteiger partial charge in [0.05, 0.1) is 47.9 Å². The number of anilines is 1. The van der Waals surface area contributed by atoms with Gasteiger partial charge in [0.15, 0.2) is 0 Å². The number of aliphatic hydroxyl groups excluding tert-OH is 2. The first-order valence-electron chi connectivity index (χ1n) is 14.6. The molecule has 4 N–H and O–H groups in total. The first-order valence-corrected chi connectivity index (χ1v) is 14.6. The molecule has 2 aromatic carbocycles. The largest absolute Gasteiger partial charge is 0.489 e. The monoisotopic (exact) mass is 601 g/mol. The Labute approximate surface area is 250 Å². The number of carboxylic acids is 1. The number of aliphatic carboxylic acids is 1. The van der Waals surface area contributed by atoms with E-state index in [0.29, 0.717) is 49.7 Å². The SMILES string of the molecule is CC(C)Oc1ccc(F)cc1N1CCN(CC(CNC(=O)C2CC(O)C(O)CC2C(=O)O)OC(=O)c2ccccc2)CC1. The zero-order valence-corrected chi connectivity index (χ0v) is 24.4. The molecule has 2 aromatic rings. The van der Waals surface area contributed by atoms with Gasteiger partial charge in [0.1, 0.15) is 17.7 Å². The molecular formula is C31H40FN3O8. The molecule has 1 heterocycles. The number of esters is 1. The van der Waals surface area contributed by atoms with Crippen LogP contribution < -0.4 is 15.0 Å². The van der Waals surface area contributed by atoms with Crippen LogP contribution in [0.15, 0.2) is 48.5 Å². The zero-order valence-electron chi connectivity index (χ0n) is 24.4. The Bertz CT molecular complexity index is 1250. The molecule has 234 valence electrons. The number of carbonyl (C=O) groups excluding carboxylic acids is 2. The minimum atomic E-state index is -1.23. The number of rotatable bonds is 11. The van der Waals surface area contributed by atoms with Crippen LogP contribution in [0.1, 0.15) is 37.0 Å². The first-order chi connectivity index (χ1) is 20.5. The summed E-state index contributed by atoms with van der Waals surface area (Å²) in [5.74, 6) is -4.33. The van der Waals surface area contributed by atoms with Gasteiger partial charge in [-0.05, 0) is 51.0 Å². The van der Waals surface area contributed by atoms with Crippen LogP contribution in [-0.4, -0.2) is 102 Å². The Kier molecular flexibility index (Phi) is 10.9. The van der Waals surface area contributed by atoms with E-state index in [1.165, 1.54) is 12.1 Å². The quantitative estimate of drug-likeness (QED) is 0.282. The van der Waals surface area contributed by atoms with Crippen molar-refractivity contribution in [2.75, 3.05) is 44.2 Å². The third-order valence-electron chi connectivity index (χ3n) is 7.82. The summed E-state index contributed by atoms with van der Waals surface area (Å²) >= 11 is 0. The summed E-state index contributed by atoms with van der Waals surface area (Å²) in [7, 11) is 0. The molecular weight excluding hydrogens is 561 g/mol. The van der Waals surface area contributed by atoms with Crippen molar-refractivity contribution < 1.29 is 43.6 Å². The van der Waals surface area contributed by atoms with Crippen LogP contribution in [0, 0.1) is 17.7 Å². The van der Waals surface area contributed by atoms with Crippen LogP contribution in [0.5, 0.6) is 5.75 Å². The molecule has 2 aliphatic rings. The van der Waals surface area contributed by atoms with E-state index in [-0.39, 0.29) is 31.3 Å². The van der Waals surface area contributed by atoms with Crippen molar-refractivity contribution in [1.29, 1.82) is 0 Å². The minimum absolute atomic E-state index is 0.0740. The summed E-state index contributed by atoms with van der Waals surface area (Å²) in [5, 5.41) is 32.3. The van der Waals surface area contributed by atoms with Gasteiger partial charge in [-0.3, -0.25) is 14.5 Å². The molecule has 5 unspecified atom stereocenters. The second-order valence-electron chi connectivity index (χ2n) is 11.4. The van der Waals surface area contributed by atoms with E-state index in [1.54, 1.807) is 36.4 Å². The molecule has 2 fully saturated rings. The molecule has 11 nitrogen and oxygen atoms in total. The Morgan fingerprint density at radius 1 is 0.977 bits per heavy atom. The highest BCUT2D eigenvalue weighted by atomic mass is 19.1. The van der Waals surface area contributed by atoms with Crippen molar-refractivity contribution in [1.82, 2.24) is 10.2 Å². The molecule has 1 aliphatic carbocycles. The van der Waals surface area contributed by atoms with E-state index >= 15 is 0 Å². The molecule has 1 amide bonds. The summed E-state index contributed by atoms with van der Waals surface area (Å²) < 4.78 is 25.8. The fourth-order valence-corrected chi connectivity index (χ4v) is 5.56. The predicted octanol–water partition coefficient (Wildman–Crippen LogP) is 1.91. The molecule has 0 bridgehead atoms. The van der Waals surface area contributed by atoms with Gasteiger partial charge in [0, 0.05) is 38.8 Å². The zero-order chi connectivity index (χ0) is 31.1. The lowest BCUT2D eigenvalue weighted by Crippen LogP contribution is -2.52. The maximum atomic E-state index is 14.1. The summed E-state index contributed by atoms with van der Waals surface area (Å²) in [5.41, 5.74) is 1.02. The number of halogens is 1. The number of hydrogen-bond acceptors (Lipinski definition) is 9. The number of aliphatic hydroxyl groups is 2. The highest BCUT2D eigenvalue weighted by Crippen LogP contribution is 2.32. The smallest absolute Gasteiger partial charge is 0.338 e. The lowest BCUT2D eigenvalue weighted by atomic mass is 9.76. The van der Waals surface area contributed by atoms with Crippen molar-refractivity contribution in [3.05, 3.63) is 59.9 Å². The van der Waals surface area contributed by atoms with Crippen LogP contribution in [0.2, 0.25) is 0 Å². The highest BCUT2D eigenvalue weighted by molar-refractivity contribution is 5.89. The normalized spacial score (nSPS) is 23.4. The third kappa shape index (κ3) is 8.65.